The highest BCUT2D eigenvalue weighted by molar-refractivity contribution is 5.67. The molecule has 94 valence electrons. The van der Waals surface area contributed by atoms with Crippen LogP contribution in [0.4, 0.5) is 4.39 Å². The zero-order chi connectivity index (χ0) is 13.0. The van der Waals surface area contributed by atoms with E-state index in [1.54, 1.807) is 0 Å². The largest absolute Gasteiger partial charge is 0.207 e. The van der Waals surface area contributed by atoms with E-state index >= 15 is 0 Å². The fraction of sp³-hybridized carbons (Fsp3) is 0.294. The molecule has 0 unspecified atom stereocenters. The average molecular weight is 242 g/mol. The van der Waals surface area contributed by atoms with Crippen LogP contribution in [0.5, 0.6) is 0 Å². The molecule has 0 aliphatic heterocycles. The van der Waals surface area contributed by atoms with Crippen molar-refractivity contribution < 1.29 is 4.39 Å². The summed E-state index contributed by atoms with van der Waals surface area (Å²) >= 11 is 0. The van der Waals surface area contributed by atoms with Gasteiger partial charge in [0.05, 0.1) is 0 Å². The van der Waals surface area contributed by atoms with Crippen molar-refractivity contribution in [2.75, 3.05) is 0 Å². The Bertz CT molecular complexity index is 497. The van der Waals surface area contributed by atoms with Crippen LogP contribution in [0.15, 0.2) is 48.5 Å². The molecule has 0 bridgehead atoms. The number of halogens is 1. The molecule has 0 N–H and O–H groups in total. The van der Waals surface area contributed by atoms with E-state index in [2.05, 4.69) is 32.0 Å². The summed E-state index contributed by atoms with van der Waals surface area (Å²) in [5.74, 6) is 0.518. The van der Waals surface area contributed by atoms with Gasteiger partial charge in [-0.25, -0.2) is 4.39 Å². The normalized spacial score (nSPS) is 10.9. The minimum Gasteiger partial charge on any atom is -0.207 e. The first-order valence-corrected chi connectivity index (χ1v) is 6.50. The molecule has 0 saturated carbocycles. The van der Waals surface area contributed by atoms with Crippen molar-refractivity contribution in [1.82, 2.24) is 0 Å². The molecule has 0 nitrogen and oxygen atoms in total. The fourth-order valence-electron chi connectivity index (χ4n) is 2.09. The summed E-state index contributed by atoms with van der Waals surface area (Å²) in [4.78, 5) is 0. The molecule has 0 heterocycles. The molecule has 2 aromatic rings. The molecule has 0 saturated heterocycles. The van der Waals surface area contributed by atoms with E-state index in [0.717, 1.165) is 12.0 Å². The van der Waals surface area contributed by atoms with Gasteiger partial charge in [-0.05, 0) is 47.6 Å². The molecular weight excluding hydrogens is 223 g/mol. The number of hydrogen-bond acceptors (Lipinski definition) is 0. The van der Waals surface area contributed by atoms with E-state index in [9.17, 15) is 4.39 Å². The van der Waals surface area contributed by atoms with E-state index < -0.39 is 0 Å². The summed E-state index contributed by atoms with van der Waals surface area (Å²) < 4.78 is 13.0. The predicted octanol–water partition coefficient (Wildman–Crippen LogP) is 5.08. The van der Waals surface area contributed by atoms with Gasteiger partial charge in [0.15, 0.2) is 0 Å². The van der Waals surface area contributed by atoms with Gasteiger partial charge in [-0.15, -0.1) is 0 Å². The Morgan fingerprint density at radius 3 is 2.28 bits per heavy atom. The van der Waals surface area contributed by atoms with Gasteiger partial charge < -0.3 is 0 Å². The third kappa shape index (κ3) is 3.19. The first-order valence-electron chi connectivity index (χ1n) is 6.50. The second kappa shape index (κ2) is 5.81. The molecule has 0 radical (unpaired) electrons. The van der Waals surface area contributed by atoms with E-state index in [1.165, 1.54) is 29.7 Å². The van der Waals surface area contributed by atoms with Crippen molar-refractivity contribution in [1.29, 1.82) is 0 Å². The van der Waals surface area contributed by atoms with Crippen molar-refractivity contribution in [2.45, 2.75) is 26.7 Å². The van der Waals surface area contributed by atoms with Gasteiger partial charge >= 0.3 is 0 Å². The Kier molecular flexibility index (Phi) is 4.14. The smallest absolute Gasteiger partial charge is 0.123 e. The van der Waals surface area contributed by atoms with E-state index in [1.807, 2.05) is 18.2 Å². The van der Waals surface area contributed by atoms with Gasteiger partial charge in [-0.3, -0.25) is 0 Å². The van der Waals surface area contributed by atoms with Crippen LogP contribution in [0.3, 0.4) is 0 Å². The summed E-state index contributed by atoms with van der Waals surface area (Å²) in [6.45, 7) is 4.47. The highest BCUT2D eigenvalue weighted by Crippen LogP contribution is 2.25. The maximum atomic E-state index is 13.0. The molecule has 0 atom stereocenters. The first-order chi connectivity index (χ1) is 8.66. The van der Waals surface area contributed by atoms with Crippen LogP contribution >= 0.6 is 0 Å². The van der Waals surface area contributed by atoms with E-state index in [0.29, 0.717) is 5.92 Å². The van der Waals surface area contributed by atoms with Crippen molar-refractivity contribution in [3.63, 3.8) is 0 Å². The SMILES string of the molecule is CC(C)CCc1ccccc1-c1ccc(F)cc1. The first kappa shape index (κ1) is 12.8. The average Bonchev–Trinajstić information content (AvgIpc) is 2.38. The molecule has 0 aromatic heterocycles. The molecule has 0 spiro atoms. The van der Waals surface area contributed by atoms with Gasteiger partial charge in [0.2, 0.25) is 0 Å². The molecule has 0 aliphatic carbocycles. The Morgan fingerprint density at radius 1 is 0.944 bits per heavy atom. The van der Waals surface area contributed by atoms with E-state index in [-0.39, 0.29) is 5.82 Å². The Labute approximate surface area is 108 Å². The van der Waals surface area contributed by atoms with Gasteiger partial charge in [0, 0.05) is 0 Å². The maximum absolute atomic E-state index is 13.0. The third-order valence-corrected chi connectivity index (χ3v) is 3.16. The molecule has 0 fully saturated rings. The minimum atomic E-state index is -0.182. The van der Waals surface area contributed by atoms with Gasteiger partial charge in [-0.1, -0.05) is 50.2 Å². The Hall–Kier alpha value is -1.63. The second-order valence-electron chi connectivity index (χ2n) is 5.10. The molecule has 2 aromatic carbocycles. The van der Waals surface area contributed by atoms with Gasteiger partial charge in [0.1, 0.15) is 5.82 Å². The third-order valence-electron chi connectivity index (χ3n) is 3.16. The van der Waals surface area contributed by atoms with Gasteiger partial charge in [0.25, 0.3) is 0 Å². The van der Waals surface area contributed by atoms with Crippen LogP contribution in [0.25, 0.3) is 11.1 Å². The van der Waals surface area contributed by atoms with Gasteiger partial charge in [-0.2, -0.15) is 0 Å². The van der Waals surface area contributed by atoms with Crippen LogP contribution in [-0.4, -0.2) is 0 Å². The Balaban J connectivity index is 2.29. The summed E-state index contributed by atoms with van der Waals surface area (Å²) in [6.07, 6.45) is 2.25. The molecule has 1 heteroatoms. The second-order valence-corrected chi connectivity index (χ2v) is 5.10. The van der Waals surface area contributed by atoms with Crippen LogP contribution in [-0.2, 0) is 6.42 Å². The molecule has 18 heavy (non-hydrogen) atoms. The van der Waals surface area contributed by atoms with Crippen molar-refractivity contribution in [3.05, 3.63) is 59.9 Å². The standard InChI is InChI=1S/C17H19F/c1-13(2)7-8-14-5-3-4-6-17(14)15-9-11-16(18)12-10-15/h3-6,9-13H,7-8H2,1-2H3. The van der Waals surface area contributed by atoms with Crippen LogP contribution in [0.1, 0.15) is 25.8 Å². The van der Waals surface area contributed by atoms with Crippen LogP contribution in [0, 0.1) is 11.7 Å². The Morgan fingerprint density at radius 2 is 1.61 bits per heavy atom. The molecular formula is C17H19F. The topological polar surface area (TPSA) is 0 Å². The number of benzene rings is 2. The van der Waals surface area contributed by atoms with Crippen molar-refractivity contribution >= 4 is 0 Å². The van der Waals surface area contributed by atoms with Crippen LogP contribution in [0.2, 0.25) is 0 Å². The summed E-state index contributed by atoms with van der Waals surface area (Å²) in [5, 5.41) is 0. The lowest BCUT2D eigenvalue weighted by Crippen LogP contribution is -1.94. The minimum absolute atomic E-state index is 0.182. The summed E-state index contributed by atoms with van der Waals surface area (Å²) in [5.41, 5.74) is 3.66. The molecule has 2 rings (SSSR count). The maximum Gasteiger partial charge on any atom is 0.123 e. The number of rotatable bonds is 4. The zero-order valence-corrected chi connectivity index (χ0v) is 11.0. The monoisotopic (exact) mass is 242 g/mol. The number of aryl methyl sites for hydroxylation is 1. The summed E-state index contributed by atoms with van der Waals surface area (Å²) in [7, 11) is 0. The van der Waals surface area contributed by atoms with Crippen molar-refractivity contribution in [2.24, 2.45) is 5.92 Å². The lowest BCUT2D eigenvalue weighted by atomic mass is 9.94. The van der Waals surface area contributed by atoms with Crippen molar-refractivity contribution in [3.8, 4) is 11.1 Å². The molecule has 0 aliphatic rings. The predicted molar refractivity (Wildman–Crippen MR) is 75.0 cm³/mol. The lowest BCUT2D eigenvalue weighted by Gasteiger charge is -2.11. The lowest BCUT2D eigenvalue weighted by molar-refractivity contribution is 0.587. The quantitative estimate of drug-likeness (QED) is 0.701. The van der Waals surface area contributed by atoms with Crippen LogP contribution < -0.4 is 0 Å². The fourth-order valence-corrected chi connectivity index (χ4v) is 2.09. The van der Waals surface area contributed by atoms with E-state index in [4.69, 9.17) is 0 Å². The summed E-state index contributed by atoms with van der Waals surface area (Å²) in [6, 6.07) is 15.1. The highest BCUT2D eigenvalue weighted by Gasteiger charge is 2.05. The number of hydrogen-bond donors (Lipinski definition) is 0. The zero-order valence-electron chi connectivity index (χ0n) is 11.0. The molecule has 0 amide bonds. The highest BCUT2D eigenvalue weighted by atomic mass is 19.1.